The maximum absolute atomic E-state index is 12.9. The van der Waals surface area contributed by atoms with Gasteiger partial charge in [0, 0.05) is 13.6 Å². The number of amides is 1. The van der Waals surface area contributed by atoms with Crippen molar-refractivity contribution < 1.29 is 9.18 Å². The first-order valence-corrected chi connectivity index (χ1v) is 6.62. The Labute approximate surface area is 108 Å². The third kappa shape index (κ3) is 2.40. The van der Waals surface area contributed by atoms with Crippen LogP contribution in [0.3, 0.4) is 0 Å². The van der Waals surface area contributed by atoms with Crippen molar-refractivity contribution in [3.63, 3.8) is 0 Å². The molecule has 0 saturated heterocycles. The van der Waals surface area contributed by atoms with E-state index in [1.165, 1.54) is 12.1 Å². The summed E-state index contributed by atoms with van der Waals surface area (Å²) in [4.78, 5) is 14.3. The zero-order valence-corrected chi connectivity index (χ0v) is 11.1. The van der Waals surface area contributed by atoms with Gasteiger partial charge in [0.25, 0.3) is 0 Å². The molecule has 1 aromatic carbocycles. The Balaban J connectivity index is 2.11. The van der Waals surface area contributed by atoms with Crippen molar-refractivity contribution in [3.8, 4) is 0 Å². The Morgan fingerprint density at radius 3 is 2.44 bits per heavy atom. The lowest BCUT2D eigenvalue weighted by molar-refractivity contribution is -0.132. The van der Waals surface area contributed by atoms with Gasteiger partial charge in [0.1, 0.15) is 5.82 Å². The maximum Gasteiger partial charge on any atom is 0.232 e. The van der Waals surface area contributed by atoms with Crippen LogP contribution in [-0.2, 0) is 10.2 Å². The van der Waals surface area contributed by atoms with E-state index in [-0.39, 0.29) is 17.1 Å². The summed E-state index contributed by atoms with van der Waals surface area (Å²) in [6.45, 7) is 2.92. The van der Waals surface area contributed by atoms with E-state index in [0.29, 0.717) is 0 Å². The zero-order valence-electron chi connectivity index (χ0n) is 11.1. The summed E-state index contributed by atoms with van der Waals surface area (Å²) in [5.41, 5.74) is 0.591. The van der Waals surface area contributed by atoms with E-state index in [0.717, 1.165) is 37.8 Å². The Morgan fingerprint density at radius 2 is 1.94 bits per heavy atom. The molecule has 98 valence electrons. The number of hydrogen-bond donors (Lipinski definition) is 0. The van der Waals surface area contributed by atoms with Crippen LogP contribution < -0.4 is 0 Å². The minimum Gasteiger partial charge on any atom is -0.345 e. The topological polar surface area (TPSA) is 20.3 Å². The number of halogens is 1. The summed E-state index contributed by atoms with van der Waals surface area (Å²) in [5.74, 6) is -0.0658. The molecule has 0 unspecified atom stereocenters. The molecule has 18 heavy (non-hydrogen) atoms. The summed E-state index contributed by atoms with van der Waals surface area (Å²) in [5, 5.41) is 0. The molecule has 1 aliphatic carbocycles. The summed E-state index contributed by atoms with van der Waals surface area (Å²) < 4.78 is 12.9. The first kappa shape index (κ1) is 13.1. The predicted molar refractivity (Wildman–Crippen MR) is 69.9 cm³/mol. The van der Waals surface area contributed by atoms with Crippen LogP contribution in [0.5, 0.6) is 0 Å². The second kappa shape index (κ2) is 5.09. The highest BCUT2D eigenvalue weighted by Crippen LogP contribution is 2.49. The van der Waals surface area contributed by atoms with Crippen LogP contribution in [0.4, 0.5) is 4.39 Å². The molecular weight excluding hydrogens is 229 g/mol. The standard InChI is InChI=1S/C15H20FNO/c1-3-4-11-17(2)14(18)15(9-10-15)12-5-7-13(16)8-6-12/h5-8H,3-4,9-11H2,1-2H3. The SMILES string of the molecule is CCCCN(C)C(=O)C1(c2ccc(F)cc2)CC1. The average molecular weight is 249 g/mol. The number of carbonyl (C=O) groups excluding carboxylic acids is 1. The summed E-state index contributed by atoms with van der Waals surface area (Å²) in [6.07, 6.45) is 3.88. The van der Waals surface area contributed by atoms with E-state index >= 15 is 0 Å². The third-order valence-electron chi connectivity index (χ3n) is 3.75. The van der Waals surface area contributed by atoms with Crippen LogP contribution in [0.2, 0.25) is 0 Å². The van der Waals surface area contributed by atoms with Crippen molar-refractivity contribution in [3.05, 3.63) is 35.6 Å². The lowest BCUT2D eigenvalue weighted by Gasteiger charge is -2.23. The van der Waals surface area contributed by atoms with Gasteiger partial charge in [0.2, 0.25) is 5.91 Å². The second-order valence-electron chi connectivity index (χ2n) is 5.17. The van der Waals surface area contributed by atoms with E-state index < -0.39 is 0 Å². The van der Waals surface area contributed by atoms with Crippen LogP contribution >= 0.6 is 0 Å². The molecule has 0 atom stereocenters. The zero-order chi connectivity index (χ0) is 13.2. The highest BCUT2D eigenvalue weighted by molar-refractivity contribution is 5.91. The quantitative estimate of drug-likeness (QED) is 0.785. The molecule has 1 saturated carbocycles. The highest BCUT2D eigenvalue weighted by Gasteiger charge is 2.52. The minimum atomic E-state index is -0.365. The molecule has 3 heteroatoms. The molecular formula is C15H20FNO. The average Bonchev–Trinajstić information content (AvgIpc) is 3.17. The molecule has 1 amide bonds. The van der Waals surface area contributed by atoms with E-state index in [9.17, 15) is 9.18 Å². The summed E-state index contributed by atoms with van der Waals surface area (Å²) in [7, 11) is 1.86. The van der Waals surface area contributed by atoms with Crippen molar-refractivity contribution >= 4 is 5.91 Å². The molecule has 0 radical (unpaired) electrons. The van der Waals surface area contributed by atoms with Gasteiger partial charge in [-0.05, 0) is 37.0 Å². The summed E-state index contributed by atoms with van der Waals surface area (Å²) >= 11 is 0. The molecule has 0 heterocycles. The van der Waals surface area contributed by atoms with Crippen molar-refractivity contribution in [1.82, 2.24) is 4.90 Å². The molecule has 1 fully saturated rings. The number of unbranched alkanes of at least 4 members (excludes halogenated alkanes) is 1. The Morgan fingerprint density at radius 1 is 1.33 bits per heavy atom. The van der Waals surface area contributed by atoms with Crippen LogP contribution in [0.25, 0.3) is 0 Å². The largest absolute Gasteiger partial charge is 0.345 e. The van der Waals surface area contributed by atoms with Gasteiger partial charge < -0.3 is 4.90 Å². The van der Waals surface area contributed by atoms with Gasteiger partial charge in [-0.3, -0.25) is 4.79 Å². The second-order valence-corrected chi connectivity index (χ2v) is 5.17. The minimum absolute atomic E-state index is 0.183. The third-order valence-corrected chi connectivity index (χ3v) is 3.75. The molecule has 2 nitrogen and oxygen atoms in total. The van der Waals surface area contributed by atoms with Crippen LogP contribution in [-0.4, -0.2) is 24.4 Å². The van der Waals surface area contributed by atoms with E-state index in [1.54, 1.807) is 12.1 Å². The first-order chi connectivity index (χ1) is 8.60. The molecule has 1 aliphatic rings. The lowest BCUT2D eigenvalue weighted by atomic mass is 9.94. The number of rotatable bonds is 5. The first-order valence-electron chi connectivity index (χ1n) is 6.62. The van der Waals surface area contributed by atoms with E-state index in [4.69, 9.17) is 0 Å². The van der Waals surface area contributed by atoms with Crippen molar-refractivity contribution in [2.45, 2.75) is 38.0 Å². The molecule has 0 N–H and O–H groups in total. The molecule has 0 aliphatic heterocycles. The smallest absolute Gasteiger partial charge is 0.232 e. The molecule has 2 rings (SSSR count). The number of carbonyl (C=O) groups is 1. The molecule has 0 aromatic heterocycles. The maximum atomic E-state index is 12.9. The Bertz CT molecular complexity index is 423. The van der Waals surface area contributed by atoms with Gasteiger partial charge in [-0.15, -0.1) is 0 Å². The van der Waals surface area contributed by atoms with E-state index in [2.05, 4.69) is 6.92 Å². The number of hydrogen-bond acceptors (Lipinski definition) is 1. The predicted octanol–water partition coefficient (Wildman–Crippen LogP) is 3.12. The van der Waals surface area contributed by atoms with Gasteiger partial charge in [0.15, 0.2) is 0 Å². The van der Waals surface area contributed by atoms with Gasteiger partial charge in [-0.25, -0.2) is 4.39 Å². The van der Waals surface area contributed by atoms with Gasteiger partial charge >= 0.3 is 0 Å². The normalized spacial score (nSPS) is 16.4. The van der Waals surface area contributed by atoms with Crippen LogP contribution in [0.1, 0.15) is 38.2 Å². The Hall–Kier alpha value is -1.38. The number of nitrogens with zero attached hydrogens (tertiary/aromatic N) is 1. The van der Waals surface area contributed by atoms with Crippen molar-refractivity contribution in [2.24, 2.45) is 0 Å². The van der Waals surface area contributed by atoms with Crippen molar-refractivity contribution in [1.29, 1.82) is 0 Å². The van der Waals surface area contributed by atoms with Gasteiger partial charge in [0.05, 0.1) is 5.41 Å². The fourth-order valence-corrected chi connectivity index (χ4v) is 2.38. The molecule has 0 spiro atoms. The van der Waals surface area contributed by atoms with Gasteiger partial charge in [-0.1, -0.05) is 25.5 Å². The van der Waals surface area contributed by atoms with Gasteiger partial charge in [-0.2, -0.15) is 0 Å². The number of benzene rings is 1. The Kier molecular flexibility index (Phi) is 3.69. The van der Waals surface area contributed by atoms with Crippen LogP contribution in [0.15, 0.2) is 24.3 Å². The number of likely N-dealkylation sites (N-methyl/N-ethyl adjacent to an activating group) is 1. The fourth-order valence-electron chi connectivity index (χ4n) is 2.38. The lowest BCUT2D eigenvalue weighted by Crippen LogP contribution is -2.37. The summed E-state index contributed by atoms with van der Waals surface area (Å²) in [6, 6.07) is 6.37. The molecule has 0 bridgehead atoms. The fraction of sp³-hybridized carbons (Fsp3) is 0.533. The van der Waals surface area contributed by atoms with Crippen molar-refractivity contribution in [2.75, 3.05) is 13.6 Å². The molecule has 1 aromatic rings. The monoisotopic (exact) mass is 249 g/mol. The van der Waals surface area contributed by atoms with E-state index in [1.807, 2.05) is 11.9 Å². The highest BCUT2D eigenvalue weighted by atomic mass is 19.1. The van der Waals surface area contributed by atoms with Crippen LogP contribution in [0, 0.1) is 5.82 Å².